The van der Waals surface area contributed by atoms with Crippen molar-refractivity contribution < 1.29 is 4.39 Å². The van der Waals surface area contributed by atoms with Crippen LogP contribution in [0.2, 0.25) is 0 Å². The summed E-state index contributed by atoms with van der Waals surface area (Å²) < 4.78 is 13.2. The number of aryl methyl sites for hydroxylation is 1. The van der Waals surface area contributed by atoms with Crippen molar-refractivity contribution in [2.24, 2.45) is 0 Å². The van der Waals surface area contributed by atoms with E-state index in [4.69, 9.17) is 0 Å². The minimum atomic E-state index is -0.445. The van der Waals surface area contributed by atoms with Crippen LogP contribution < -0.4 is 4.90 Å². The fourth-order valence-corrected chi connectivity index (χ4v) is 3.44. The first-order valence-corrected chi connectivity index (χ1v) is 8.89. The fourth-order valence-electron chi connectivity index (χ4n) is 3.44. The van der Waals surface area contributed by atoms with Crippen LogP contribution in [0.3, 0.4) is 0 Å². The zero-order valence-corrected chi connectivity index (χ0v) is 14.6. The fraction of sp³-hybridized carbons (Fsp3) is 0.400. The Balaban J connectivity index is 1.39. The van der Waals surface area contributed by atoms with E-state index >= 15 is 0 Å². The summed E-state index contributed by atoms with van der Waals surface area (Å²) >= 11 is 0. The van der Waals surface area contributed by atoms with Gasteiger partial charge < -0.3 is 9.80 Å². The second-order valence-corrected chi connectivity index (χ2v) is 6.97. The van der Waals surface area contributed by atoms with Gasteiger partial charge in [-0.2, -0.15) is 4.39 Å². The number of nitrogens with zero attached hydrogens (tertiary/aromatic N) is 4. The lowest BCUT2D eigenvalue weighted by Crippen LogP contribution is -2.45. The Bertz CT molecular complexity index is 775. The van der Waals surface area contributed by atoms with E-state index in [1.165, 1.54) is 24.5 Å². The molecular formula is C20H23FN4. The molecule has 0 N–H and O–H groups in total. The first kappa shape index (κ1) is 16.1. The van der Waals surface area contributed by atoms with Crippen molar-refractivity contribution in [3.8, 4) is 0 Å². The van der Waals surface area contributed by atoms with Gasteiger partial charge in [0.1, 0.15) is 5.82 Å². The molecular weight excluding hydrogens is 315 g/mol. The van der Waals surface area contributed by atoms with Gasteiger partial charge in [-0.3, -0.25) is 0 Å². The molecule has 3 heterocycles. The van der Waals surface area contributed by atoms with Gasteiger partial charge in [-0.25, -0.2) is 9.97 Å². The van der Waals surface area contributed by atoms with Gasteiger partial charge in [0.25, 0.3) is 0 Å². The number of rotatable bonds is 4. The molecule has 0 spiro atoms. The molecule has 4 nitrogen and oxygen atoms in total. The summed E-state index contributed by atoms with van der Waals surface area (Å²) in [7, 11) is 0. The molecule has 130 valence electrons. The Hall–Kier alpha value is -2.43. The van der Waals surface area contributed by atoms with E-state index in [0.29, 0.717) is 0 Å². The van der Waals surface area contributed by atoms with Crippen molar-refractivity contribution in [3.05, 3.63) is 59.8 Å². The van der Waals surface area contributed by atoms with E-state index in [0.717, 1.165) is 54.7 Å². The van der Waals surface area contributed by atoms with Gasteiger partial charge in [0.15, 0.2) is 0 Å². The summed E-state index contributed by atoms with van der Waals surface area (Å²) in [5, 5.41) is 0. The molecule has 0 aromatic carbocycles. The number of hydrogen-bond acceptors (Lipinski definition) is 4. The van der Waals surface area contributed by atoms with Gasteiger partial charge >= 0.3 is 0 Å². The van der Waals surface area contributed by atoms with E-state index in [-0.39, 0.29) is 0 Å². The zero-order chi connectivity index (χ0) is 17.4. The van der Waals surface area contributed by atoms with Crippen LogP contribution in [0.15, 0.2) is 37.2 Å². The molecule has 0 unspecified atom stereocenters. The number of hydrogen-bond donors (Lipinski definition) is 0. The molecule has 0 atom stereocenters. The Morgan fingerprint density at radius 1 is 1.12 bits per heavy atom. The lowest BCUT2D eigenvalue weighted by atomic mass is 10.1. The van der Waals surface area contributed by atoms with Crippen LogP contribution in [0.4, 0.5) is 10.2 Å². The number of halogens is 1. The largest absolute Gasteiger partial charge is 0.368 e. The van der Waals surface area contributed by atoms with Crippen LogP contribution in [-0.4, -0.2) is 41.0 Å². The Morgan fingerprint density at radius 2 is 1.88 bits per heavy atom. The molecule has 2 aromatic heterocycles. The molecule has 1 aliphatic heterocycles. The third kappa shape index (κ3) is 3.36. The molecule has 4 rings (SSSR count). The molecule has 1 aliphatic carbocycles. The predicted octanol–water partition coefficient (Wildman–Crippen LogP) is 3.59. The van der Waals surface area contributed by atoms with E-state index < -0.39 is 5.95 Å². The second kappa shape index (κ2) is 6.47. The van der Waals surface area contributed by atoms with Gasteiger partial charge in [0.05, 0.1) is 0 Å². The highest BCUT2D eigenvalue weighted by molar-refractivity contribution is 5.64. The van der Waals surface area contributed by atoms with Crippen LogP contribution >= 0.6 is 0 Å². The normalized spacial score (nSPS) is 17.7. The third-order valence-electron chi connectivity index (χ3n) is 5.19. The standard InChI is InChI=1S/C20H23FN4/c1-14-11-19(21)22-13-18(14)15(2)24-7-9-25(10-8-24)20-6-5-17(12-23-20)16-3-4-16/h5-6,11-13,16H,2-4,7-10H2,1H3. The molecule has 5 heteroatoms. The van der Waals surface area contributed by atoms with E-state index in [9.17, 15) is 4.39 Å². The van der Waals surface area contributed by atoms with Gasteiger partial charge in [-0.15, -0.1) is 0 Å². The van der Waals surface area contributed by atoms with Gasteiger partial charge in [0, 0.05) is 49.8 Å². The summed E-state index contributed by atoms with van der Waals surface area (Å²) in [6.07, 6.45) is 6.22. The van der Waals surface area contributed by atoms with Gasteiger partial charge in [-0.1, -0.05) is 12.6 Å². The molecule has 25 heavy (non-hydrogen) atoms. The van der Waals surface area contributed by atoms with E-state index in [1.54, 1.807) is 6.20 Å². The Kier molecular flexibility index (Phi) is 4.15. The molecule has 0 amide bonds. The minimum absolute atomic E-state index is 0.445. The summed E-state index contributed by atoms with van der Waals surface area (Å²) in [5.41, 5.74) is 4.08. The van der Waals surface area contributed by atoms with Crippen LogP contribution in [0.1, 0.15) is 35.4 Å². The molecule has 2 aliphatic rings. The minimum Gasteiger partial charge on any atom is -0.368 e. The number of anilines is 1. The summed E-state index contributed by atoms with van der Waals surface area (Å²) in [4.78, 5) is 13.0. The topological polar surface area (TPSA) is 32.3 Å². The molecule has 1 saturated carbocycles. The summed E-state index contributed by atoms with van der Waals surface area (Å²) in [5.74, 6) is 1.35. The second-order valence-electron chi connectivity index (χ2n) is 6.97. The molecule has 0 bridgehead atoms. The number of aromatic nitrogens is 2. The highest BCUT2D eigenvalue weighted by Crippen LogP contribution is 2.39. The Labute approximate surface area is 148 Å². The number of piperazine rings is 1. The van der Waals surface area contributed by atoms with Crippen molar-refractivity contribution in [1.29, 1.82) is 0 Å². The van der Waals surface area contributed by atoms with Crippen LogP contribution in [-0.2, 0) is 0 Å². The lowest BCUT2D eigenvalue weighted by molar-refractivity contribution is 0.366. The maximum Gasteiger partial charge on any atom is 0.213 e. The first-order valence-electron chi connectivity index (χ1n) is 8.89. The van der Waals surface area contributed by atoms with Crippen molar-refractivity contribution in [2.75, 3.05) is 31.1 Å². The predicted molar refractivity (Wildman–Crippen MR) is 98.0 cm³/mol. The van der Waals surface area contributed by atoms with E-state index in [1.807, 2.05) is 13.1 Å². The molecule has 2 aromatic rings. The van der Waals surface area contributed by atoms with E-state index in [2.05, 4.69) is 38.5 Å². The lowest BCUT2D eigenvalue weighted by Gasteiger charge is -2.38. The third-order valence-corrected chi connectivity index (χ3v) is 5.19. The summed E-state index contributed by atoms with van der Waals surface area (Å²) in [6, 6.07) is 5.83. The Morgan fingerprint density at radius 3 is 2.48 bits per heavy atom. The average molecular weight is 338 g/mol. The van der Waals surface area contributed by atoms with Crippen molar-refractivity contribution in [3.63, 3.8) is 0 Å². The van der Waals surface area contributed by atoms with Crippen molar-refractivity contribution in [1.82, 2.24) is 14.9 Å². The molecule has 0 radical (unpaired) electrons. The number of pyridine rings is 2. The maximum absolute atomic E-state index is 13.2. The maximum atomic E-state index is 13.2. The molecule has 1 saturated heterocycles. The van der Waals surface area contributed by atoms with Crippen LogP contribution in [0, 0.1) is 12.9 Å². The zero-order valence-electron chi connectivity index (χ0n) is 14.6. The SMILES string of the molecule is C=C(c1cnc(F)cc1C)N1CCN(c2ccc(C3CC3)cn2)CC1. The van der Waals surface area contributed by atoms with Gasteiger partial charge in [-0.05, 0) is 48.9 Å². The molecule has 2 fully saturated rings. The highest BCUT2D eigenvalue weighted by atomic mass is 19.1. The smallest absolute Gasteiger partial charge is 0.213 e. The summed E-state index contributed by atoms with van der Waals surface area (Å²) in [6.45, 7) is 9.66. The van der Waals surface area contributed by atoms with Crippen LogP contribution in [0.25, 0.3) is 5.70 Å². The van der Waals surface area contributed by atoms with Crippen molar-refractivity contribution in [2.45, 2.75) is 25.7 Å². The average Bonchev–Trinajstić information content (AvgIpc) is 3.47. The monoisotopic (exact) mass is 338 g/mol. The van der Waals surface area contributed by atoms with Crippen LogP contribution in [0.5, 0.6) is 0 Å². The van der Waals surface area contributed by atoms with Crippen molar-refractivity contribution >= 4 is 11.5 Å². The first-order chi connectivity index (χ1) is 12.1. The highest BCUT2D eigenvalue weighted by Gasteiger charge is 2.25. The van der Waals surface area contributed by atoms with Gasteiger partial charge in [0.2, 0.25) is 5.95 Å². The quantitative estimate of drug-likeness (QED) is 0.798.